The standard InChI is InChI=1S/C12H13N5S/c1-17(5-4-13)12-7-11(15-9-16-12)14-8-10-3-2-6-18-10/h2-3,6-7,9H,5,8H2,1H3,(H,14,15,16). The lowest BCUT2D eigenvalue weighted by molar-refractivity contribution is 0.975. The summed E-state index contributed by atoms with van der Waals surface area (Å²) in [4.78, 5) is 11.3. The highest BCUT2D eigenvalue weighted by atomic mass is 32.1. The molecule has 18 heavy (non-hydrogen) atoms. The smallest absolute Gasteiger partial charge is 0.134 e. The third-order valence-corrected chi connectivity index (χ3v) is 3.25. The second-order valence-corrected chi connectivity index (χ2v) is 4.74. The monoisotopic (exact) mass is 259 g/mol. The predicted octanol–water partition coefficient (Wildman–Crippen LogP) is 2.11. The summed E-state index contributed by atoms with van der Waals surface area (Å²) in [6.45, 7) is 1.05. The highest BCUT2D eigenvalue weighted by Gasteiger charge is 2.03. The summed E-state index contributed by atoms with van der Waals surface area (Å²) >= 11 is 1.70. The molecule has 5 nitrogen and oxygen atoms in total. The molecule has 0 amide bonds. The summed E-state index contributed by atoms with van der Waals surface area (Å²) < 4.78 is 0. The van der Waals surface area contributed by atoms with E-state index >= 15 is 0 Å². The van der Waals surface area contributed by atoms with E-state index in [1.807, 2.05) is 24.6 Å². The number of nitrogens with zero attached hydrogens (tertiary/aromatic N) is 4. The van der Waals surface area contributed by atoms with Gasteiger partial charge < -0.3 is 10.2 Å². The van der Waals surface area contributed by atoms with Gasteiger partial charge in [0.25, 0.3) is 0 Å². The fourth-order valence-corrected chi connectivity index (χ4v) is 2.07. The first-order chi connectivity index (χ1) is 8.79. The fourth-order valence-electron chi connectivity index (χ4n) is 1.43. The van der Waals surface area contributed by atoms with E-state index < -0.39 is 0 Å². The summed E-state index contributed by atoms with van der Waals surface area (Å²) in [6.07, 6.45) is 1.50. The number of nitrogens with one attached hydrogen (secondary N) is 1. The fraction of sp³-hybridized carbons (Fsp3) is 0.250. The zero-order valence-electron chi connectivity index (χ0n) is 10.00. The number of thiophene rings is 1. The lowest BCUT2D eigenvalue weighted by Crippen LogP contribution is -2.18. The Kier molecular flexibility index (Phi) is 4.10. The van der Waals surface area contributed by atoms with Gasteiger partial charge in [-0.25, -0.2) is 9.97 Å². The summed E-state index contributed by atoms with van der Waals surface area (Å²) in [6, 6.07) is 8.02. The maximum Gasteiger partial charge on any atom is 0.134 e. The van der Waals surface area contributed by atoms with Crippen molar-refractivity contribution >= 4 is 23.0 Å². The average molecular weight is 259 g/mol. The maximum absolute atomic E-state index is 8.65. The number of nitriles is 1. The van der Waals surface area contributed by atoms with Crippen LogP contribution in [-0.4, -0.2) is 23.6 Å². The number of aromatic nitrogens is 2. The maximum atomic E-state index is 8.65. The van der Waals surface area contributed by atoms with Crippen LogP contribution in [0.1, 0.15) is 4.88 Å². The molecular weight excluding hydrogens is 246 g/mol. The van der Waals surface area contributed by atoms with Crippen LogP contribution < -0.4 is 10.2 Å². The van der Waals surface area contributed by atoms with E-state index in [0.717, 1.165) is 18.2 Å². The molecule has 0 aromatic carbocycles. The van der Waals surface area contributed by atoms with Crippen LogP contribution in [0.5, 0.6) is 0 Å². The van der Waals surface area contributed by atoms with Crippen LogP contribution in [-0.2, 0) is 6.54 Å². The Morgan fingerprint density at radius 1 is 1.50 bits per heavy atom. The van der Waals surface area contributed by atoms with Crippen LogP contribution in [0.2, 0.25) is 0 Å². The van der Waals surface area contributed by atoms with Crippen LogP contribution in [0.4, 0.5) is 11.6 Å². The molecule has 2 rings (SSSR count). The molecule has 6 heteroatoms. The van der Waals surface area contributed by atoms with Gasteiger partial charge in [0.2, 0.25) is 0 Å². The van der Waals surface area contributed by atoms with Gasteiger partial charge in [-0.1, -0.05) is 6.07 Å². The van der Waals surface area contributed by atoms with Gasteiger partial charge in [0.1, 0.15) is 24.5 Å². The highest BCUT2D eigenvalue weighted by Crippen LogP contribution is 2.14. The molecular formula is C12H13N5S. The average Bonchev–Trinajstić information content (AvgIpc) is 2.90. The van der Waals surface area contributed by atoms with Crippen molar-refractivity contribution in [2.75, 3.05) is 23.8 Å². The van der Waals surface area contributed by atoms with Crippen molar-refractivity contribution in [1.29, 1.82) is 5.26 Å². The van der Waals surface area contributed by atoms with E-state index in [1.54, 1.807) is 16.2 Å². The van der Waals surface area contributed by atoms with E-state index in [9.17, 15) is 0 Å². The minimum Gasteiger partial charge on any atom is -0.365 e. The van der Waals surface area contributed by atoms with Crippen LogP contribution in [0.25, 0.3) is 0 Å². The Morgan fingerprint density at radius 3 is 3.11 bits per heavy atom. The molecule has 0 saturated carbocycles. The number of hydrogen-bond acceptors (Lipinski definition) is 6. The normalized spacial score (nSPS) is 9.78. The molecule has 0 radical (unpaired) electrons. The molecule has 0 unspecified atom stereocenters. The zero-order valence-corrected chi connectivity index (χ0v) is 10.8. The largest absolute Gasteiger partial charge is 0.365 e. The molecule has 0 spiro atoms. The Morgan fingerprint density at radius 2 is 2.39 bits per heavy atom. The van der Waals surface area contributed by atoms with Crippen LogP contribution in [0.15, 0.2) is 29.9 Å². The Bertz CT molecular complexity index is 532. The van der Waals surface area contributed by atoms with Crippen molar-refractivity contribution in [3.8, 4) is 6.07 Å². The van der Waals surface area contributed by atoms with Gasteiger partial charge >= 0.3 is 0 Å². The van der Waals surface area contributed by atoms with E-state index in [2.05, 4.69) is 27.4 Å². The Balaban J connectivity index is 2.01. The minimum atomic E-state index is 0.307. The van der Waals surface area contributed by atoms with Gasteiger partial charge in [-0.2, -0.15) is 5.26 Å². The number of hydrogen-bond donors (Lipinski definition) is 1. The number of rotatable bonds is 5. The Hall–Kier alpha value is -2.13. The van der Waals surface area contributed by atoms with Crippen molar-refractivity contribution in [3.05, 3.63) is 34.8 Å². The highest BCUT2D eigenvalue weighted by molar-refractivity contribution is 7.09. The van der Waals surface area contributed by atoms with Crippen LogP contribution >= 0.6 is 11.3 Å². The molecule has 2 heterocycles. The van der Waals surface area contributed by atoms with E-state index in [0.29, 0.717) is 6.54 Å². The third kappa shape index (κ3) is 3.18. The molecule has 92 valence electrons. The van der Waals surface area contributed by atoms with Gasteiger partial charge in [0.05, 0.1) is 12.6 Å². The summed E-state index contributed by atoms with van der Waals surface area (Å²) in [5, 5.41) is 13.9. The van der Waals surface area contributed by atoms with Crippen molar-refractivity contribution in [2.24, 2.45) is 0 Å². The van der Waals surface area contributed by atoms with Gasteiger partial charge in [0, 0.05) is 18.0 Å². The quantitative estimate of drug-likeness (QED) is 0.833. The lowest BCUT2D eigenvalue weighted by Gasteiger charge is -2.14. The second-order valence-electron chi connectivity index (χ2n) is 3.71. The molecule has 1 N–H and O–H groups in total. The van der Waals surface area contributed by atoms with Gasteiger partial charge in [0.15, 0.2) is 0 Å². The molecule has 0 bridgehead atoms. The van der Waals surface area contributed by atoms with Crippen LogP contribution in [0, 0.1) is 11.3 Å². The summed E-state index contributed by atoms with van der Waals surface area (Å²) in [7, 11) is 1.83. The molecule has 0 atom stereocenters. The van der Waals surface area contributed by atoms with Gasteiger partial charge in [-0.05, 0) is 11.4 Å². The first-order valence-corrected chi connectivity index (χ1v) is 6.34. The number of anilines is 2. The van der Waals surface area contributed by atoms with E-state index in [-0.39, 0.29) is 0 Å². The van der Waals surface area contributed by atoms with Crippen molar-refractivity contribution in [3.63, 3.8) is 0 Å². The summed E-state index contributed by atoms with van der Waals surface area (Å²) in [5.41, 5.74) is 0. The topological polar surface area (TPSA) is 64.8 Å². The first-order valence-electron chi connectivity index (χ1n) is 5.46. The molecule has 0 fully saturated rings. The van der Waals surface area contributed by atoms with Crippen molar-refractivity contribution in [1.82, 2.24) is 9.97 Å². The third-order valence-electron chi connectivity index (χ3n) is 2.38. The van der Waals surface area contributed by atoms with Crippen molar-refractivity contribution < 1.29 is 0 Å². The van der Waals surface area contributed by atoms with E-state index in [4.69, 9.17) is 5.26 Å². The molecule has 0 aliphatic rings. The second kappa shape index (κ2) is 5.98. The Labute approximate surface area is 110 Å². The molecule has 0 aliphatic carbocycles. The first kappa shape index (κ1) is 12.3. The SMILES string of the molecule is CN(CC#N)c1cc(NCc2cccs2)ncn1. The van der Waals surface area contributed by atoms with Gasteiger partial charge in [-0.15, -0.1) is 11.3 Å². The molecule has 2 aromatic heterocycles. The van der Waals surface area contributed by atoms with E-state index in [1.165, 1.54) is 11.2 Å². The minimum absolute atomic E-state index is 0.307. The zero-order chi connectivity index (χ0) is 12.8. The summed E-state index contributed by atoms with van der Waals surface area (Å²) in [5.74, 6) is 1.50. The van der Waals surface area contributed by atoms with Gasteiger partial charge in [-0.3, -0.25) is 0 Å². The van der Waals surface area contributed by atoms with Crippen LogP contribution in [0.3, 0.4) is 0 Å². The lowest BCUT2D eigenvalue weighted by atomic mass is 10.4. The molecule has 0 saturated heterocycles. The molecule has 0 aliphatic heterocycles. The predicted molar refractivity (Wildman–Crippen MR) is 72.6 cm³/mol. The molecule has 2 aromatic rings. The van der Waals surface area contributed by atoms with Crippen molar-refractivity contribution in [2.45, 2.75) is 6.54 Å².